The first-order valence-electron chi connectivity index (χ1n) is 6.31. The zero-order valence-corrected chi connectivity index (χ0v) is 10.8. The lowest BCUT2D eigenvalue weighted by Crippen LogP contribution is -2.31. The molecule has 0 amide bonds. The monoisotopic (exact) mass is 268 g/mol. The van der Waals surface area contributed by atoms with Crippen molar-refractivity contribution in [3.05, 3.63) is 29.6 Å². The summed E-state index contributed by atoms with van der Waals surface area (Å²) in [4.78, 5) is 11.4. The predicted molar refractivity (Wildman–Crippen MR) is 66.9 cm³/mol. The molecule has 2 unspecified atom stereocenters. The van der Waals surface area contributed by atoms with E-state index in [9.17, 15) is 14.3 Å². The Kier molecular flexibility index (Phi) is 4.37. The Morgan fingerprint density at radius 1 is 1.53 bits per heavy atom. The highest BCUT2D eigenvalue weighted by Crippen LogP contribution is 2.31. The highest BCUT2D eigenvalue weighted by molar-refractivity contribution is 5.77. The lowest BCUT2D eigenvalue weighted by Gasteiger charge is -2.28. The molecule has 1 aromatic carbocycles. The molecule has 2 rings (SSSR count). The standard InChI is InChI=1S/C14H17FO4/c1-18-11-6-5-9(8-10(11)15)13(14(16)17)12-4-2-3-7-19-12/h5-6,8,12-13H,2-4,7H2,1H3,(H,16,17). The number of benzene rings is 1. The van der Waals surface area contributed by atoms with E-state index in [1.807, 2.05) is 0 Å². The smallest absolute Gasteiger partial charge is 0.313 e. The average molecular weight is 268 g/mol. The van der Waals surface area contributed by atoms with Crippen LogP contribution in [0.25, 0.3) is 0 Å². The van der Waals surface area contributed by atoms with E-state index in [1.165, 1.54) is 19.2 Å². The second kappa shape index (κ2) is 6.02. The maximum absolute atomic E-state index is 13.7. The van der Waals surface area contributed by atoms with Crippen LogP contribution < -0.4 is 4.74 Å². The molecular weight excluding hydrogens is 251 g/mol. The lowest BCUT2D eigenvalue weighted by atomic mass is 9.89. The number of carboxylic acid groups (broad SMARTS) is 1. The molecule has 0 aliphatic carbocycles. The van der Waals surface area contributed by atoms with Crippen LogP contribution in [-0.2, 0) is 9.53 Å². The van der Waals surface area contributed by atoms with Crippen molar-refractivity contribution < 1.29 is 23.8 Å². The topological polar surface area (TPSA) is 55.8 Å². The summed E-state index contributed by atoms with van der Waals surface area (Å²) >= 11 is 0. The fourth-order valence-electron chi connectivity index (χ4n) is 2.42. The van der Waals surface area contributed by atoms with Crippen LogP contribution in [0.15, 0.2) is 18.2 Å². The van der Waals surface area contributed by atoms with Crippen LogP contribution in [0.4, 0.5) is 4.39 Å². The average Bonchev–Trinajstić information content (AvgIpc) is 2.40. The van der Waals surface area contributed by atoms with Crippen LogP contribution >= 0.6 is 0 Å². The van der Waals surface area contributed by atoms with Crippen molar-refractivity contribution in [2.24, 2.45) is 0 Å². The number of carbonyl (C=O) groups is 1. The summed E-state index contributed by atoms with van der Waals surface area (Å²) in [6.45, 7) is 0.563. The van der Waals surface area contributed by atoms with E-state index in [0.717, 1.165) is 12.8 Å². The van der Waals surface area contributed by atoms with Gasteiger partial charge < -0.3 is 14.6 Å². The molecule has 4 nitrogen and oxygen atoms in total. The van der Waals surface area contributed by atoms with Gasteiger partial charge in [-0.15, -0.1) is 0 Å². The van der Waals surface area contributed by atoms with Gasteiger partial charge in [0, 0.05) is 6.61 Å². The van der Waals surface area contributed by atoms with Gasteiger partial charge in [0.05, 0.1) is 13.2 Å². The van der Waals surface area contributed by atoms with Crippen molar-refractivity contribution >= 4 is 5.97 Å². The normalized spacial score (nSPS) is 20.8. The van der Waals surface area contributed by atoms with Crippen molar-refractivity contribution in [2.75, 3.05) is 13.7 Å². The molecule has 0 saturated carbocycles. The lowest BCUT2D eigenvalue weighted by molar-refractivity contribution is -0.144. The van der Waals surface area contributed by atoms with Crippen LogP contribution in [0.5, 0.6) is 5.75 Å². The fraction of sp³-hybridized carbons (Fsp3) is 0.500. The second-order valence-corrected chi connectivity index (χ2v) is 4.61. The van der Waals surface area contributed by atoms with E-state index in [4.69, 9.17) is 9.47 Å². The molecule has 1 saturated heterocycles. The molecule has 0 bridgehead atoms. The summed E-state index contributed by atoms with van der Waals surface area (Å²) in [5.74, 6) is -2.27. The first-order chi connectivity index (χ1) is 9.13. The van der Waals surface area contributed by atoms with Crippen LogP contribution in [0.2, 0.25) is 0 Å². The molecule has 0 aromatic heterocycles. The first kappa shape index (κ1) is 13.8. The minimum atomic E-state index is -0.989. The third-order valence-corrected chi connectivity index (χ3v) is 3.39. The Balaban J connectivity index is 2.28. The molecule has 104 valence electrons. The van der Waals surface area contributed by atoms with Crippen molar-refractivity contribution in [1.29, 1.82) is 0 Å². The summed E-state index contributed by atoms with van der Waals surface area (Å²) < 4.78 is 24.0. The third-order valence-electron chi connectivity index (χ3n) is 3.39. The molecule has 1 aliphatic heterocycles. The van der Waals surface area contributed by atoms with E-state index in [1.54, 1.807) is 6.07 Å². The second-order valence-electron chi connectivity index (χ2n) is 4.61. The molecule has 5 heteroatoms. The summed E-state index contributed by atoms with van der Waals surface area (Å²) in [5.41, 5.74) is 0.415. The number of hydrogen-bond acceptors (Lipinski definition) is 3. The maximum atomic E-state index is 13.7. The van der Waals surface area contributed by atoms with Crippen molar-refractivity contribution in [2.45, 2.75) is 31.3 Å². The molecule has 19 heavy (non-hydrogen) atoms. The van der Waals surface area contributed by atoms with Crippen LogP contribution in [0.1, 0.15) is 30.7 Å². The largest absolute Gasteiger partial charge is 0.494 e. The van der Waals surface area contributed by atoms with Gasteiger partial charge in [0.2, 0.25) is 0 Å². The Morgan fingerprint density at radius 2 is 2.32 bits per heavy atom. The molecule has 1 aliphatic rings. The number of ether oxygens (including phenoxy) is 2. The van der Waals surface area contributed by atoms with Gasteiger partial charge in [-0.2, -0.15) is 0 Å². The summed E-state index contributed by atoms with van der Waals surface area (Å²) in [5, 5.41) is 9.36. The molecule has 1 fully saturated rings. The van der Waals surface area contributed by atoms with Crippen molar-refractivity contribution in [3.63, 3.8) is 0 Å². The van der Waals surface area contributed by atoms with Gasteiger partial charge in [-0.05, 0) is 37.0 Å². The Morgan fingerprint density at radius 3 is 2.84 bits per heavy atom. The Labute approximate surface area is 111 Å². The molecule has 1 N–H and O–H groups in total. The summed E-state index contributed by atoms with van der Waals surface area (Å²) in [7, 11) is 1.37. The SMILES string of the molecule is COc1ccc(C(C(=O)O)C2CCCCO2)cc1F. The van der Waals surface area contributed by atoms with Crippen LogP contribution in [0.3, 0.4) is 0 Å². The van der Waals surface area contributed by atoms with Crippen LogP contribution in [0, 0.1) is 5.82 Å². The van der Waals surface area contributed by atoms with Gasteiger partial charge in [0.1, 0.15) is 5.92 Å². The summed E-state index contributed by atoms with van der Waals surface area (Å²) in [6.07, 6.45) is 2.18. The van der Waals surface area contributed by atoms with Gasteiger partial charge in [-0.25, -0.2) is 4.39 Å². The number of rotatable bonds is 4. The maximum Gasteiger partial charge on any atom is 0.313 e. The van der Waals surface area contributed by atoms with Crippen LogP contribution in [-0.4, -0.2) is 30.9 Å². The number of aliphatic carboxylic acids is 1. The molecule has 2 atom stereocenters. The molecule has 1 aromatic rings. The van der Waals surface area contributed by atoms with Crippen molar-refractivity contribution in [1.82, 2.24) is 0 Å². The van der Waals surface area contributed by atoms with E-state index in [0.29, 0.717) is 18.6 Å². The number of hydrogen-bond donors (Lipinski definition) is 1. The van der Waals surface area contributed by atoms with Gasteiger partial charge >= 0.3 is 5.97 Å². The van der Waals surface area contributed by atoms with E-state index >= 15 is 0 Å². The fourth-order valence-corrected chi connectivity index (χ4v) is 2.42. The number of carboxylic acids is 1. The van der Waals surface area contributed by atoms with Crippen molar-refractivity contribution in [3.8, 4) is 5.75 Å². The zero-order chi connectivity index (χ0) is 13.8. The van der Waals surface area contributed by atoms with Gasteiger partial charge in [0.15, 0.2) is 11.6 Å². The minimum Gasteiger partial charge on any atom is -0.494 e. The van der Waals surface area contributed by atoms with E-state index in [-0.39, 0.29) is 11.9 Å². The van der Waals surface area contributed by atoms with Gasteiger partial charge in [0.25, 0.3) is 0 Å². The third kappa shape index (κ3) is 3.04. The number of halogens is 1. The molecule has 1 heterocycles. The first-order valence-corrected chi connectivity index (χ1v) is 6.31. The predicted octanol–water partition coefficient (Wildman–Crippen LogP) is 2.57. The Hall–Kier alpha value is -1.62. The molecular formula is C14H17FO4. The van der Waals surface area contributed by atoms with E-state index < -0.39 is 17.7 Å². The van der Waals surface area contributed by atoms with Gasteiger partial charge in [-0.1, -0.05) is 6.07 Å². The molecule has 0 spiro atoms. The van der Waals surface area contributed by atoms with Gasteiger partial charge in [-0.3, -0.25) is 4.79 Å². The molecule has 0 radical (unpaired) electrons. The zero-order valence-electron chi connectivity index (χ0n) is 10.8. The number of methoxy groups -OCH3 is 1. The highest BCUT2D eigenvalue weighted by Gasteiger charge is 2.32. The Bertz CT molecular complexity index is 455. The van der Waals surface area contributed by atoms with E-state index in [2.05, 4.69) is 0 Å². The summed E-state index contributed by atoms with van der Waals surface area (Å²) in [6, 6.07) is 4.25. The quantitative estimate of drug-likeness (QED) is 0.911. The minimum absolute atomic E-state index is 0.109. The highest BCUT2D eigenvalue weighted by atomic mass is 19.1.